The average Bonchev–Trinajstić information content (AvgIpc) is 2.76. The molecule has 0 aromatic heterocycles. The minimum atomic E-state index is -3.76. The Bertz CT molecular complexity index is 1100. The molecule has 1 aliphatic rings. The Balaban J connectivity index is 1.52. The third kappa shape index (κ3) is 6.83. The number of ether oxygens (including phenoxy) is 1. The number of carbonyl (C=O) groups excluding carboxylic acids is 2. The second-order valence-corrected chi connectivity index (χ2v) is 9.96. The van der Waals surface area contributed by atoms with Crippen LogP contribution in [0.3, 0.4) is 0 Å². The highest BCUT2D eigenvalue weighted by molar-refractivity contribution is 7.89. The lowest BCUT2D eigenvalue weighted by molar-refractivity contribution is -0.120. The van der Waals surface area contributed by atoms with Crippen LogP contribution in [0.4, 0.5) is 4.39 Å². The number of rotatable bonds is 8. The molecule has 10 heteroatoms. The summed E-state index contributed by atoms with van der Waals surface area (Å²) in [5, 5.41) is 5.31. The van der Waals surface area contributed by atoms with E-state index < -0.39 is 21.7 Å². The van der Waals surface area contributed by atoms with Gasteiger partial charge in [-0.1, -0.05) is 18.2 Å². The summed E-state index contributed by atoms with van der Waals surface area (Å²) in [6.45, 7) is 4.47. The first-order valence-electron chi connectivity index (χ1n) is 10.7. The molecule has 0 aliphatic carbocycles. The molecule has 2 aromatic rings. The Kier molecular flexibility index (Phi) is 8.17. The second kappa shape index (κ2) is 10.9. The number of hydrogen-bond acceptors (Lipinski definition) is 5. The minimum absolute atomic E-state index is 0.0321. The molecule has 1 saturated heterocycles. The lowest BCUT2D eigenvalue weighted by Gasteiger charge is -2.34. The molecule has 2 amide bonds. The maximum Gasteiger partial charge on any atom is 0.251 e. The van der Waals surface area contributed by atoms with Gasteiger partial charge < -0.3 is 15.4 Å². The third-order valence-corrected chi connectivity index (χ3v) is 6.93. The van der Waals surface area contributed by atoms with Crippen LogP contribution in [0.2, 0.25) is 0 Å². The summed E-state index contributed by atoms with van der Waals surface area (Å²) in [6.07, 6.45) is -0.401. The average molecular weight is 478 g/mol. The normalized spacial score (nSPS) is 19.1. The van der Waals surface area contributed by atoms with Crippen molar-refractivity contribution in [3.63, 3.8) is 0 Å². The molecule has 2 atom stereocenters. The van der Waals surface area contributed by atoms with Crippen LogP contribution in [0.1, 0.15) is 29.8 Å². The van der Waals surface area contributed by atoms with Crippen LogP contribution >= 0.6 is 0 Å². The number of hydrogen-bond donors (Lipinski definition) is 2. The molecule has 178 valence electrons. The van der Waals surface area contributed by atoms with Crippen LogP contribution in [-0.4, -0.2) is 62.9 Å². The monoisotopic (exact) mass is 477 g/mol. The largest absolute Gasteiger partial charge is 0.373 e. The predicted octanol–water partition coefficient (Wildman–Crippen LogP) is 1.71. The number of sulfonamides is 1. The molecule has 1 heterocycles. The Morgan fingerprint density at radius 1 is 1.03 bits per heavy atom. The molecular weight excluding hydrogens is 449 g/mol. The number of nitrogens with zero attached hydrogens (tertiary/aromatic N) is 1. The van der Waals surface area contributed by atoms with E-state index in [-0.39, 0.29) is 61.2 Å². The van der Waals surface area contributed by atoms with Gasteiger partial charge in [-0.25, -0.2) is 12.8 Å². The van der Waals surface area contributed by atoms with E-state index in [1.54, 1.807) is 6.07 Å². The highest BCUT2D eigenvalue weighted by Crippen LogP contribution is 2.22. The van der Waals surface area contributed by atoms with E-state index in [1.807, 2.05) is 13.8 Å². The molecule has 2 unspecified atom stereocenters. The topological polar surface area (TPSA) is 105 Å². The first-order chi connectivity index (χ1) is 15.6. The number of halogens is 1. The lowest BCUT2D eigenvalue weighted by atomic mass is 10.1. The number of benzene rings is 2. The fourth-order valence-corrected chi connectivity index (χ4v) is 5.29. The minimum Gasteiger partial charge on any atom is -0.373 e. The van der Waals surface area contributed by atoms with Crippen molar-refractivity contribution in [1.29, 1.82) is 0 Å². The Hall–Kier alpha value is -2.82. The number of morpholine rings is 1. The molecule has 1 fully saturated rings. The maximum absolute atomic E-state index is 13.2. The van der Waals surface area contributed by atoms with Crippen LogP contribution in [0, 0.1) is 5.82 Å². The van der Waals surface area contributed by atoms with Crippen LogP contribution in [0.5, 0.6) is 0 Å². The second-order valence-electron chi connectivity index (χ2n) is 8.02. The number of amides is 2. The lowest BCUT2D eigenvalue weighted by Crippen LogP contribution is -2.48. The quantitative estimate of drug-likeness (QED) is 0.564. The van der Waals surface area contributed by atoms with Crippen LogP contribution in [-0.2, 0) is 26.0 Å². The van der Waals surface area contributed by atoms with Gasteiger partial charge in [0, 0.05) is 31.7 Å². The van der Waals surface area contributed by atoms with Gasteiger partial charge in [0.1, 0.15) is 5.82 Å². The van der Waals surface area contributed by atoms with E-state index in [0.717, 1.165) is 0 Å². The van der Waals surface area contributed by atoms with E-state index >= 15 is 0 Å². The van der Waals surface area contributed by atoms with Crippen molar-refractivity contribution < 1.29 is 27.1 Å². The first kappa shape index (κ1) is 24.8. The molecule has 33 heavy (non-hydrogen) atoms. The first-order valence-corrected chi connectivity index (χ1v) is 12.1. The van der Waals surface area contributed by atoms with Gasteiger partial charge in [0.05, 0.1) is 23.5 Å². The molecular formula is C23H28FN3O5S. The van der Waals surface area contributed by atoms with Crippen molar-refractivity contribution in [3.8, 4) is 0 Å². The zero-order valence-corrected chi connectivity index (χ0v) is 19.4. The molecule has 8 nitrogen and oxygen atoms in total. The molecule has 2 N–H and O–H groups in total. The smallest absolute Gasteiger partial charge is 0.251 e. The maximum atomic E-state index is 13.2. The van der Waals surface area contributed by atoms with Gasteiger partial charge in [-0.05, 0) is 49.7 Å². The van der Waals surface area contributed by atoms with Gasteiger partial charge in [0.2, 0.25) is 15.9 Å². The standard InChI is InChI=1S/C23H28FN3O5S/c1-16-14-27(15-17(2)32-16)33(30,31)21-8-4-6-19(13-21)23(29)26-10-9-25-22(28)12-18-5-3-7-20(24)11-18/h3-8,11,13,16-17H,9-10,12,14-15H2,1-2H3,(H,25,28)(H,26,29). The summed E-state index contributed by atoms with van der Waals surface area (Å²) in [5.74, 6) is -1.15. The van der Waals surface area contributed by atoms with Crippen molar-refractivity contribution in [3.05, 3.63) is 65.5 Å². The summed E-state index contributed by atoms with van der Waals surface area (Å²) < 4.78 is 46.2. The van der Waals surface area contributed by atoms with Crippen molar-refractivity contribution >= 4 is 21.8 Å². The molecule has 0 bridgehead atoms. The highest BCUT2D eigenvalue weighted by Gasteiger charge is 2.32. The summed E-state index contributed by atoms with van der Waals surface area (Å²) in [6, 6.07) is 11.6. The van der Waals surface area contributed by atoms with E-state index in [4.69, 9.17) is 4.74 Å². The van der Waals surface area contributed by atoms with Crippen molar-refractivity contribution in [2.45, 2.75) is 37.4 Å². The Morgan fingerprint density at radius 2 is 1.70 bits per heavy atom. The number of nitrogens with one attached hydrogen (secondary N) is 2. The molecule has 0 radical (unpaired) electrons. The van der Waals surface area contributed by atoms with Gasteiger partial charge in [0.25, 0.3) is 5.91 Å². The van der Waals surface area contributed by atoms with Crippen LogP contribution < -0.4 is 10.6 Å². The summed E-state index contributed by atoms with van der Waals surface area (Å²) in [5.41, 5.74) is 0.759. The van der Waals surface area contributed by atoms with Gasteiger partial charge in [0.15, 0.2) is 0 Å². The van der Waals surface area contributed by atoms with Crippen molar-refractivity contribution in [2.75, 3.05) is 26.2 Å². The Morgan fingerprint density at radius 3 is 2.39 bits per heavy atom. The summed E-state index contributed by atoms with van der Waals surface area (Å²) in [4.78, 5) is 24.5. The molecule has 0 spiro atoms. The SMILES string of the molecule is CC1CN(S(=O)(=O)c2cccc(C(=O)NCCNC(=O)Cc3cccc(F)c3)c2)CC(C)O1. The zero-order chi connectivity index (χ0) is 24.0. The van der Waals surface area contributed by atoms with Crippen LogP contribution in [0.15, 0.2) is 53.4 Å². The molecule has 3 rings (SSSR count). The van der Waals surface area contributed by atoms with Gasteiger partial charge >= 0.3 is 0 Å². The fraction of sp³-hybridized carbons (Fsp3) is 0.391. The van der Waals surface area contributed by atoms with E-state index in [9.17, 15) is 22.4 Å². The molecule has 1 aliphatic heterocycles. The summed E-state index contributed by atoms with van der Waals surface area (Å²) in [7, 11) is -3.76. The van der Waals surface area contributed by atoms with Gasteiger partial charge in [-0.15, -0.1) is 0 Å². The van der Waals surface area contributed by atoms with Crippen molar-refractivity contribution in [1.82, 2.24) is 14.9 Å². The predicted molar refractivity (Wildman–Crippen MR) is 121 cm³/mol. The van der Waals surface area contributed by atoms with Gasteiger partial charge in [-0.2, -0.15) is 4.31 Å². The third-order valence-electron chi connectivity index (χ3n) is 5.11. The van der Waals surface area contributed by atoms with E-state index in [1.165, 1.54) is 46.8 Å². The van der Waals surface area contributed by atoms with Gasteiger partial charge in [-0.3, -0.25) is 9.59 Å². The zero-order valence-electron chi connectivity index (χ0n) is 18.6. The number of carbonyl (C=O) groups is 2. The molecule has 0 saturated carbocycles. The molecule has 2 aromatic carbocycles. The van der Waals surface area contributed by atoms with Crippen LogP contribution in [0.25, 0.3) is 0 Å². The fourth-order valence-electron chi connectivity index (χ4n) is 3.65. The van der Waals surface area contributed by atoms with E-state index in [0.29, 0.717) is 5.56 Å². The highest BCUT2D eigenvalue weighted by atomic mass is 32.2. The Labute approximate surface area is 193 Å². The van der Waals surface area contributed by atoms with Crippen molar-refractivity contribution in [2.24, 2.45) is 0 Å². The summed E-state index contributed by atoms with van der Waals surface area (Å²) >= 11 is 0. The van der Waals surface area contributed by atoms with E-state index in [2.05, 4.69) is 10.6 Å².